The zero-order valence-electron chi connectivity index (χ0n) is 20.7. The van der Waals surface area contributed by atoms with Crippen molar-refractivity contribution in [2.24, 2.45) is 23.7 Å². The van der Waals surface area contributed by atoms with E-state index in [2.05, 4.69) is 25.2 Å². The summed E-state index contributed by atoms with van der Waals surface area (Å²) in [6.45, 7) is 2.31. The highest BCUT2D eigenvalue weighted by Crippen LogP contribution is 2.46. The summed E-state index contributed by atoms with van der Waals surface area (Å²) >= 11 is 7.13. The van der Waals surface area contributed by atoms with Gasteiger partial charge in [-0.25, -0.2) is 4.39 Å². The summed E-state index contributed by atoms with van der Waals surface area (Å²) in [4.78, 5) is -0.282. The van der Waals surface area contributed by atoms with Gasteiger partial charge >= 0.3 is 0 Å². The number of benzene rings is 1. The monoisotopic (exact) mass is 470 g/mol. The Kier molecular flexibility index (Phi) is 9.14. The molecule has 0 aliphatic heterocycles. The van der Waals surface area contributed by atoms with Gasteiger partial charge in [0, 0.05) is 5.56 Å². The van der Waals surface area contributed by atoms with E-state index in [0.29, 0.717) is 11.5 Å². The summed E-state index contributed by atoms with van der Waals surface area (Å²) in [5.41, 5.74) is 1.66. The van der Waals surface area contributed by atoms with E-state index in [1.807, 2.05) is 12.1 Å². The molecule has 33 heavy (non-hydrogen) atoms. The smallest absolute Gasteiger partial charge is 0.131 e. The van der Waals surface area contributed by atoms with Gasteiger partial charge in [0.05, 0.1) is 4.87 Å². The van der Waals surface area contributed by atoms with Gasteiger partial charge in [-0.3, -0.25) is 0 Å². The van der Waals surface area contributed by atoms with E-state index in [0.717, 1.165) is 29.7 Å². The van der Waals surface area contributed by atoms with E-state index in [-0.39, 0.29) is 10.7 Å². The van der Waals surface area contributed by atoms with Crippen LogP contribution in [0, 0.1) is 29.5 Å². The molecule has 1 aromatic carbocycles. The molecule has 1 unspecified atom stereocenters. The van der Waals surface area contributed by atoms with Crippen LogP contribution in [0.2, 0.25) is 0 Å². The van der Waals surface area contributed by atoms with Gasteiger partial charge in [0.25, 0.3) is 0 Å². The molecule has 0 saturated heterocycles. The van der Waals surface area contributed by atoms with Crippen LogP contribution in [-0.4, -0.2) is 4.87 Å². The normalized spacial score (nSPS) is 32.5. The van der Waals surface area contributed by atoms with Crippen molar-refractivity contribution in [3.8, 4) is 0 Å². The Balaban J connectivity index is 1.17. The highest BCUT2D eigenvalue weighted by Gasteiger charge is 2.37. The molecule has 2 saturated carbocycles. The van der Waals surface area contributed by atoms with Crippen molar-refractivity contribution in [1.82, 2.24) is 0 Å². The van der Waals surface area contributed by atoms with E-state index in [9.17, 15) is 4.39 Å². The first-order chi connectivity index (χ1) is 16.1. The van der Waals surface area contributed by atoms with Crippen LogP contribution in [0.3, 0.4) is 0 Å². The van der Waals surface area contributed by atoms with Crippen LogP contribution in [0.4, 0.5) is 4.39 Å². The zero-order valence-corrected chi connectivity index (χ0v) is 21.5. The van der Waals surface area contributed by atoms with Crippen LogP contribution < -0.4 is 0 Å². The molecule has 0 heterocycles. The summed E-state index contributed by atoms with van der Waals surface area (Å²) < 4.78 is 14.1. The molecule has 3 aliphatic carbocycles. The maximum Gasteiger partial charge on any atom is 0.131 e. The predicted molar refractivity (Wildman–Crippen MR) is 141 cm³/mol. The minimum absolute atomic E-state index is 0.152. The maximum atomic E-state index is 14.1. The summed E-state index contributed by atoms with van der Waals surface area (Å²) in [6.07, 6.45) is 26.9. The highest BCUT2D eigenvalue weighted by atomic mass is 35.5. The third kappa shape index (κ3) is 6.74. The van der Waals surface area contributed by atoms with Gasteiger partial charge in [0.1, 0.15) is 5.82 Å². The Bertz CT molecular complexity index is 795. The second-order valence-corrected chi connectivity index (χ2v) is 12.0. The van der Waals surface area contributed by atoms with Crippen LogP contribution in [0.1, 0.15) is 109 Å². The third-order valence-electron chi connectivity index (χ3n) is 9.05. The second-order valence-electron chi connectivity index (χ2n) is 11.3. The van der Waals surface area contributed by atoms with Crippen LogP contribution in [0.15, 0.2) is 42.5 Å². The Labute approximate surface area is 207 Å². The number of halogens is 2. The number of hydrogen-bond donors (Lipinski definition) is 0. The van der Waals surface area contributed by atoms with E-state index < -0.39 is 0 Å². The van der Waals surface area contributed by atoms with Crippen molar-refractivity contribution in [3.63, 3.8) is 0 Å². The quantitative estimate of drug-likeness (QED) is 0.248. The molecule has 4 rings (SSSR count). The molecule has 0 spiro atoms. The number of unbranched alkanes of at least 4 members (excludes halogenated alkanes) is 2. The highest BCUT2D eigenvalue weighted by molar-refractivity contribution is 6.26. The van der Waals surface area contributed by atoms with Crippen molar-refractivity contribution < 1.29 is 4.39 Å². The van der Waals surface area contributed by atoms with Gasteiger partial charge in [0.15, 0.2) is 0 Å². The van der Waals surface area contributed by atoms with Crippen molar-refractivity contribution in [1.29, 1.82) is 0 Å². The molecule has 182 valence electrons. The van der Waals surface area contributed by atoms with Crippen LogP contribution in [0.5, 0.6) is 0 Å². The molecule has 2 fully saturated rings. The number of allylic oxidation sites excluding steroid dienone is 4. The Hall–Kier alpha value is -1.08. The Morgan fingerprint density at radius 3 is 2.03 bits per heavy atom. The SMILES string of the molecule is CCCCCC1CCC(CCC2CCC(C3(Cl)C=CC(c4ccccc4F)=CC3)CC2)CC1. The lowest BCUT2D eigenvalue weighted by atomic mass is 9.70. The first-order valence-electron chi connectivity index (χ1n) is 13.9. The molecular weight excluding hydrogens is 427 g/mol. The van der Waals surface area contributed by atoms with Gasteiger partial charge < -0.3 is 0 Å². The molecular formula is C31H44ClF. The molecule has 1 aromatic rings. The van der Waals surface area contributed by atoms with Gasteiger partial charge in [-0.2, -0.15) is 0 Å². The molecule has 3 aliphatic rings. The molecule has 2 heteroatoms. The number of hydrogen-bond acceptors (Lipinski definition) is 0. The fourth-order valence-electron chi connectivity index (χ4n) is 6.72. The lowest BCUT2D eigenvalue weighted by Crippen LogP contribution is -2.34. The molecule has 0 radical (unpaired) electrons. The van der Waals surface area contributed by atoms with Gasteiger partial charge in [-0.15, -0.1) is 11.6 Å². The summed E-state index contributed by atoms with van der Waals surface area (Å²) in [5.74, 6) is 3.32. The number of rotatable bonds is 9. The first-order valence-corrected chi connectivity index (χ1v) is 14.3. The fourth-order valence-corrected chi connectivity index (χ4v) is 7.08. The summed E-state index contributed by atoms with van der Waals surface area (Å²) in [7, 11) is 0. The van der Waals surface area contributed by atoms with Gasteiger partial charge in [-0.05, 0) is 54.6 Å². The van der Waals surface area contributed by atoms with Gasteiger partial charge in [0.2, 0.25) is 0 Å². The largest absolute Gasteiger partial charge is 0.206 e. The molecule has 0 amide bonds. The van der Waals surface area contributed by atoms with Crippen molar-refractivity contribution in [2.75, 3.05) is 0 Å². The van der Waals surface area contributed by atoms with Crippen LogP contribution in [-0.2, 0) is 0 Å². The average molecular weight is 471 g/mol. The molecule has 1 atom stereocenters. The van der Waals surface area contributed by atoms with E-state index in [1.54, 1.807) is 6.07 Å². The van der Waals surface area contributed by atoms with Crippen LogP contribution >= 0.6 is 11.6 Å². The van der Waals surface area contributed by atoms with Crippen LogP contribution in [0.25, 0.3) is 5.57 Å². The summed E-state index contributed by atoms with van der Waals surface area (Å²) in [5, 5.41) is 0. The topological polar surface area (TPSA) is 0 Å². The lowest BCUT2D eigenvalue weighted by Gasteiger charge is -2.39. The first kappa shape index (κ1) is 25.0. The van der Waals surface area contributed by atoms with E-state index >= 15 is 0 Å². The van der Waals surface area contributed by atoms with Crippen molar-refractivity contribution >= 4 is 17.2 Å². The zero-order chi connectivity index (χ0) is 23.1. The second kappa shape index (κ2) is 12.1. The maximum absolute atomic E-state index is 14.1. The third-order valence-corrected chi connectivity index (χ3v) is 9.64. The Morgan fingerprint density at radius 1 is 0.848 bits per heavy atom. The molecule has 0 nitrogen and oxygen atoms in total. The fraction of sp³-hybridized carbons (Fsp3) is 0.677. The Morgan fingerprint density at radius 2 is 1.45 bits per heavy atom. The van der Waals surface area contributed by atoms with E-state index in [1.165, 1.54) is 96.0 Å². The van der Waals surface area contributed by atoms with E-state index in [4.69, 9.17) is 11.6 Å². The van der Waals surface area contributed by atoms with Gasteiger partial charge in [-0.1, -0.05) is 120 Å². The van der Waals surface area contributed by atoms with Crippen molar-refractivity contribution in [2.45, 2.75) is 108 Å². The average Bonchev–Trinajstić information content (AvgIpc) is 2.85. The molecule has 0 N–H and O–H groups in total. The lowest BCUT2D eigenvalue weighted by molar-refractivity contribution is 0.201. The minimum atomic E-state index is -0.282. The molecule has 0 aromatic heterocycles. The molecule has 0 bridgehead atoms. The van der Waals surface area contributed by atoms with Crippen molar-refractivity contribution in [3.05, 3.63) is 53.9 Å². The predicted octanol–water partition coefficient (Wildman–Crippen LogP) is 10.1. The minimum Gasteiger partial charge on any atom is -0.206 e. The standard InChI is InChI=1S/C31H44ClF/c1-2-3-4-7-24-10-12-25(13-11-24)14-15-26-16-18-28(19-17-26)31(32)22-20-27(21-23-31)29-8-5-6-9-30(29)33/h5-6,8-9,20-22,24-26,28H,2-4,7,10-19,23H2,1H3. The summed E-state index contributed by atoms with van der Waals surface area (Å²) in [6, 6.07) is 7.04. The number of alkyl halides is 1.